The second-order valence-corrected chi connectivity index (χ2v) is 4.51. The Morgan fingerprint density at radius 1 is 1.28 bits per heavy atom. The van der Waals surface area contributed by atoms with E-state index in [4.69, 9.17) is 4.74 Å². The number of hydrogen-bond acceptors (Lipinski definition) is 4. The first-order chi connectivity index (χ1) is 8.76. The van der Waals surface area contributed by atoms with E-state index in [-0.39, 0.29) is 11.7 Å². The van der Waals surface area contributed by atoms with Crippen LogP contribution in [0, 0.1) is 0 Å². The average Bonchev–Trinajstić information content (AvgIpc) is 2.46. The molecule has 0 radical (unpaired) electrons. The summed E-state index contributed by atoms with van der Waals surface area (Å²) in [5.74, 6) is 1.28. The van der Waals surface area contributed by atoms with Gasteiger partial charge in [-0.25, -0.2) is 0 Å². The van der Waals surface area contributed by atoms with Crippen LogP contribution in [-0.4, -0.2) is 49.8 Å². The van der Waals surface area contributed by atoms with Crippen LogP contribution in [0.5, 0.6) is 5.75 Å². The third kappa shape index (κ3) is 2.72. The minimum absolute atomic E-state index is 0.109. The first-order valence-electron chi connectivity index (χ1n) is 6.03. The molecule has 1 fully saturated rings. The van der Waals surface area contributed by atoms with Crippen LogP contribution in [0.2, 0.25) is 0 Å². The van der Waals surface area contributed by atoms with Crippen LogP contribution in [0.15, 0.2) is 24.3 Å². The molecule has 0 aliphatic carbocycles. The van der Waals surface area contributed by atoms with Crippen LogP contribution < -0.4 is 9.64 Å². The van der Waals surface area contributed by atoms with Gasteiger partial charge in [0.25, 0.3) is 0 Å². The number of ether oxygens (including phenoxy) is 1. The lowest BCUT2D eigenvalue weighted by Crippen LogP contribution is -2.49. The van der Waals surface area contributed by atoms with Crippen molar-refractivity contribution in [2.24, 2.45) is 0 Å². The number of piperazine rings is 1. The minimum Gasteiger partial charge on any atom is -0.495 e. The predicted octanol–water partition coefficient (Wildman–Crippen LogP) is 1.27. The molecule has 2 rings (SSSR count). The monoisotopic (exact) mass is 266 g/mol. The van der Waals surface area contributed by atoms with Gasteiger partial charge in [0.15, 0.2) is 0 Å². The second-order valence-electron chi connectivity index (χ2n) is 4.20. The highest BCUT2D eigenvalue weighted by Crippen LogP contribution is 2.28. The Labute approximate surface area is 113 Å². The van der Waals surface area contributed by atoms with Crippen molar-refractivity contribution in [2.45, 2.75) is 0 Å². The van der Waals surface area contributed by atoms with Crippen LogP contribution >= 0.6 is 12.6 Å². The summed E-state index contributed by atoms with van der Waals surface area (Å²) in [4.78, 5) is 15.7. The van der Waals surface area contributed by atoms with E-state index in [0.717, 1.165) is 37.6 Å². The van der Waals surface area contributed by atoms with E-state index in [1.807, 2.05) is 23.1 Å². The largest absolute Gasteiger partial charge is 0.495 e. The van der Waals surface area contributed by atoms with Gasteiger partial charge in [0.1, 0.15) is 5.75 Å². The van der Waals surface area contributed by atoms with E-state index < -0.39 is 0 Å². The van der Waals surface area contributed by atoms with Gasteiger partial charge in [-0.05, 0) is 12.1 Å². The van der Waals surface area contributed by atoms with Gasteiger partial charge in [0.2, 0.25) is 5.91 Å². The van der Waals surface area contributed by atoms with E-state index in [1.165, 1.54) is 0 Å². The number of nitrogens with zero attached hydrogens (tertiary/aromatic N) is 2. The number of amides is 1. The van der Waals surface area contributed by atoms with Gasteiger partial charge in [0, 0.05) is 26.2 Å². The summed E-state index contributed by atoms with van der Waals surface area (Å²) in [5.41, 5.74) is 1.10. The van der Waals surface area contributed by atoms with Crippen molar-refractivity contribution < 1.29 is 9.53 Å². The fourth-order valence-electron chi connectivity index (χ4n) is 2.19. The number of carbonyl (C=O) groups is 1. The van der Waals surface area contributed by atoms with Crippen molar-refractivity contribution in [3.63, 3.8) is 0 Å². The maximum absolute atomic E-state index is 11.5. The Morgan fingerprint density at radius 3 is 2.56 bits per heavy atom. The standard InChI is InChI=1S/C13H18N2O2S/c1-17-12-5-3-2-4-11(12)14-6-8-15(9-7-14)13(16)10-18/h2-5,18H,6-10H2,1H3. The number of para-hydroxylation sites is 2. The topological polar surface area (TPSA) is 32.8 Å². The third-order valence-corrected chi connectivity index (χ3v) is 3.46. The molecule has 4 nitrogen and oxygen atoms in total. The third-order valence-electron chi connectivity index (χ3n) is 3.19. The molecule has 1 aliphatic rings. The first kappa shape index (κ1) is 13.1. The van der Waals surface area contributed by atoms with E-state index in [0.29, 0.717) is 0 Å². The van der Waals surface area contributed by atoms with Crippen LogP contribution in [0.1, 0.15) is 0 Å². The summed E-state index contributed by atoms with van der Waals surface area (Å²) in [6.07, 6.45) is 0. The van der Waals surface area contributed by atoms with E-state index >= 15 is 0 Å². The van der Waals surface area contributed by atoms with E-state index in [1.54, 1.807) is 7.11 Å². The van der Waals surface area contributed by atoms with Crippen LogP contribution in [-0.2, 0) is 4.79 Å². The molecule has 1 aromatic carbocycles. The molecule has 1 amide bonds. The molecule has 98 valence electrons. The molecule has 1 aliphatic heterocycles. The van der Waals surface area contributed by atoms with Gasteiger partial charge in [-0.15, -0.1) is 0 Å². The molecular formula is C13H18N2O2S. The SMILES string of the molecule is COc1ccccc1N1CCN(C(=O)CS)CC1. The van der Waals surface area contributed by atoms with Gasteiger partial charge in [-0.1, -0.05) is 12.1 Å². The normalized spacial score (nSPS) is 15.7. The maximum atomic E-state index is 11.5. The van der Waals surface area contributed by atoms with Gasteiger partial charge in [-0.2, -0.15) is 12.6 Å². The Kier molecular flexibility index (Phi) is 4.36. The van der Waals surface area contributed by atoms with Crippen LogP contribution in [0.3, 0.4) is 0 Å². The quantitative estimate of drug-likeness (QED) is 0.837. The highest BCUT2D eigenvalue weighted by molar-refractivity contribution is 7.81. The molecule has 1 heterocycles. The highest BCUT2D eigenvalue weighted by atomic mass is 32.1. The summed E-state index contributed by atoms with van der Waals surface area (Å²) >= 11 is 4.02. The lowest BCUT2D eigenvalue weighted by Gasteiger charge is -2.36. The summed E-state index contributed by atoms with van der Waals surface area (Å²) in [7, 11) is 1.68. The molecule has 0 N–H and O–H groups in total. The zero-order valence-corrected chi connectivity index (χ0v) is 11.4. The molecule has 5 heteroatoms. The smallest absolute Gasteiger partial charge is 0.232 e. The Hall–Kier alpha value is -1.36. The molecule has 0 saturated carbocycles. The molecule has 0 aromatic heterocycles. The number of anilines is 1. The fourth-order valence-corrected chi connectivity index (χ4v) is 2.39. The Balaban J connectivity index is 2.03. The highest BCUT2D eigenvalue weighted by Gasteiger charge is 2.21. The number of carbonyl (C=O) groups excluding carboxylic acids is 1. The van der Waals surface area contributed by atoms with Crippen LogP contribution in [0.25, 0.3) is 0 Å². The molecular weight excluding hydrogens is 248 g/mol. The van der Waals surface area contributed by atoms with Crippen molar-refractivity contribution in [3.8, 4) is 5.75 Å². The Morgan fingerprint density at radius 2 is 1.94 bits per heavy atom. The number of rotatable bonds is 3. The Bertz CT molecular complexity index is 417. The van der Waals surface area contributed by atoms with Gasteiger partial charge < -0.3 is 14.5 Å². The minimum atomic E-state index is 0.109. The van der Waals surface area contributed by atoms with E-state index in [9.17, 15) is 4.79 Å². The molecule has 18 heavy (non-hydrogen) atoms. The number of benzene rings is 1. The van der Waals surface area contributed by atoms with E-state index in [2.05, 4.69) is 23.6 Å². The van der Waals surface area contributed by atoms with Crippen molar-refractivity contribution in [1.82, 2.24) is 4.90 Å². The van der Waals surface area contributed by atoms with Gasteiger partial charge in [0.05, 0.1) is 18.6 Å². The molecule has 0 unspecified atom stereocenters. The average molecular weight is 266 g/mol. The summed E-state index contributed by atoms with van der Waals surface area (Å²) in [6, 6.07) is 7.97. The van der Waals surface area contributed by atoms with Crippen LogP contribution in [0.4, 0.5) is 5.69 Å². The molecule has 0 spiro atoms. The van der Waals surface area contributed by atoms with Gasteiger partial charge >= 0.3 is 0 Å². The molecule has 0 atom stereocenters. The fraction of sp³-hybridized carbons (Fsp3) is 0.462. The maximum Gasteiger partial charge on any atom is 0.232 e. The van der Waals surface area contributed by atoms with Crippen molar-refractivity contribution in [2.75, 3.05) is 43.9 Å². The molecule has 1 saturated heterocycles. The second kappa shape index (κ2) is 6.00. The lowest BCUT2D eigenvalue weighted by atomic mass is 10.2. The number of hydrogen-bond donors (Lipinski definition) is 1. The zero-order chi connectivity index (χ0) is 13.0. The lowest BCUT2D eigenvalue weighted by molar-refractivity contribution is -0.128. The van der Waals surface area contributed by atoms with Crippen molar-refractivity contribution >= 4 is 24.2 Å². The zero-order valence-electron chi connectivity index (χ0n) is 10.5. The summed E-state index contributed by atoms with van der Waals surface area (Å²) in [6.45, 7) is 3.16. The molecule has 0 bridgehead atoms. The molecule has 1 aromatic rings. The predicted molar refractivity (Wildman–Crippen MR) is 75.6 cm³/mol. The summed E-state index contributed by atoms with van der Waals surface area (Å²) < 4.78 is 5.36. The van der Waals surface area contributed by atoms with Crippen molar-refractivity contribution in [3.05, 3.63) is 24.3 Å². The number of methoxy groups -OCH3 is 1. The first-order valence-corrected chi connectivity index (χ1v) is 6.66. The van der Waals surface area contributed by atoms with Gasteiger partial charge in [-0.3, -0.25) is 4.79 Å². The summed E-state index contributed by atoms with van der Waals surface area (Å²) in [5, 5.41) is 0. The number of thiol groups is 1. The van der Waals surface area contributed by atoms with Crippen molar-refractivity contribution in [1.29, 1.82) is 0 Å².